The third-order valence-electron chi connectivity index (χ3n) is 3.17. The second-order valence-electron chi connectivity index (χ2n) is 4.15. The van der Waals surface area contributed by atoms with E-state index < -0.39 is 11.4 Å². The fourth-order valence-corrected chi connectivity index (χ4v) is 2.58. The molecule has 0 fully saturated rings. The van der Waals surface area contributed by atoms with Gasteiger partial charge in [-0.3, -0.25) is 0 Å². The van der Waals surface area contributed by atoms with Gasteiger partial charge in [0.15, 0.2) is 4.58 Å². The van der Waals surface area contributed by atoms with Gasteiger partial charge < -0.3 is 4.55 Å². The highest BCUT2D eigenvalue weighted by atomic mass is 32.2. The van der Waals surface area contributed by atoms with Crippen molar-refractivity contribution in [2.24, 2.45) is 16.4 Å². The molecule has 0 amide bonds. The van der Waals surface area contributed by atoms with Gasteiger partial charge in [-0.2, -0.15) is 0 Å². The van der Waals surface area contributed by atoms with Crippen LogP contribution < -0.4 is 0 Å². The standard InChI is InChI=1S/C11H23NO2S/c1-4-11(5-2)10(3)8-6-7-9-15(14)12-13/h10-11H,4-9H2,1-3H3/t10-,15?/m0/s1. The number of rotatable bonds is 9. The number of unbranched alkanes of at least 4 members (excludes halogenated alkanes) is 1. The van der Waals surface area contributed by atoms with Gasteiger partial charge in [-0.15, -0.1) is 0 Å². The molecule has 0 aromatic rings. The van der Waals surface area contributed by atoms with Crippen LogP contribution >= 0.6 is 0 Å². The van der Waals surface area contributed by atoms with Gasteiger partial charge in [-0.05, 0) is 24.7 Å². The first-order valence-corrected chi connectivity index (χ1v) is 7.15. The second kappa shape index (κ2) is 9.16. The van der Waals surface area contributed by atoms with Gasteiger partial charge in [0, 0.05) is 0 Å². The summed E-state index contributed by atoms with van der Waals surface area (Å²) >= 11 is -1.49. The minimum absolute atomic E-state index is 0.430. The molecular weight excluding hydrogens is 210 g/mol. The van der Waals surface area contributed by atoms with Crippen LogP contribution in [0, 0.1) is 16.7 Å². The molecule has 90 valence electrons. The van der Waals surface area contributed by atoms with Crippen LogP contribution in [0.25, 0.3) is 0 Å². The Morgan fingerprint density at radius 1 is 1.27 bits per heavy atom. The van der Waals surface area contributed by atoms with E-state index in [-0.39, 0.29) is 0 Å². The van der Waals surface area contributed by atoms with E-state index in [1.54, 1.807) is 0 Å². The molecule has 0 heterocycles. The molecule has 0 radical (unpaired) electrons. The van der Waals surface area contributed by atoms with Crippen LogP contribution in [-0.2, 0) is 11.4 Å². The van der Waals surface area contributed by atoms with E-state index in [0.717, 1.165) is 24.7 Å². The molecule has 0 N–H and O–H groups in total. The Morgan fingerprint density at radius 2 is 1.87 bits per heavy atom. The van der Waals surface area contributed by atoms with Crippen molar-refractivity contribution in [3.8, 4) is 0 Å². The van der Waals surface area contributed by atoms with Gasteiger partial charge in [0.2, 0.25) is 0 Å². The van der Waals surface area contributed by atoms with Crippen molar-refractivity contribution in [2.75, 3.05) is 5.75 Å². The van der Waals surface area contributed by atoms with Gasteiger partial charge in [0.1, 0.15) is 17.1 Å². The Morgan fingerprint density at radius 3 is 2.33 bits per heavy atom. The molecule has 0 aromatic heterocycles. The Kier molecular flexibility index (Phi) is 9.10. The average molecular weight is 233 g/mol. The minimum atomic E-state index is -1.49. The molecule has 0 saturated heterocycles. The van der Waals surface area contributed by atoms with Gasteiger partial charge in [0.25, 0.3) is 0 Å². The van der Waals surface area contributed by atoms with Crippen molar-refractivity contribution >= 4 is 11.4 Å². The highest BCUT2D eigenvalue weighted by Crippen LogP contribution is 2.23. The lowest BCUT2D eigenvalue weighted by Crippen LogP contribution is -2.10. The van der Waals surface area contributed by atoms with Crippen LogP contribution in [-0.4, -0.2) is 10.3 Å². The zero-order chi connectivity index (χ0) is 11.7. The van der Waals surface area contributed by atoms with Crippen LogP contribution in [0.3, 0.4) is 0 Å². The Hall–Kier alpha value is -0.0900. The Labute approximate surface area is 96.3 Å². The molecule has 0 aromatic carbocycles. The maximum absolute atomic E-state index is 10.7. The lowest BCUT2D eigenvalue weighted by molar-refractivity contribution is 0.312. The summed E-state index contributed by atoms with van der Waals surface area (Å²) in [6.45, 7) is 6.75. The molecule has 0 rings (SSSR count). The largest absolute Gasteiger partial charge is 0.589 e. The van der Waals surface area contributed by atoms with Gasteiger partial charge in [-0.25, -0.2) is 0 Å². The summed E-state index contributed by atoms with van der Waals surface area (Å²) in [5, 5.41) is 0. The summed E-state index contributed by atoms with van der Waals surface area (Å²) in [5.74, 6) is 1.97. The van der Waals surface area contributed by atoms with Gasteiger partial charge >= 0.3 is 0 Å². The molecule has 0 saturated carbocycles. The molecule has 15 heavy (non-hydrogen) atoms. The summed E-state index contributed by atoms with van der Waals surface area (Å²) in [4.78, 5) is 9.88. The fourth-order valence-electron chi connectivity index (χ4n) is 2.06. The van der Waals surface area contributed by atoms with E-state index in [0.29, 0.717) is 5.75 Å². The first-order chi connectivity index (χ1) is 7.15. The molecule has 1 unspecified atom stereocenters. The highest BCUT2D eigenvalue weighted by molar-refractivity contribution is 7.89. The quantitative estimate of drug-likeness (QED) is 0.347. The molecule has 0 aliphatic carbocycles. The summed E-state index contributed by atoms with van der Waals surface area (Å²) < 4.78 is 13.2. The SMILES string of the molecule is CCC(CC)[C@@H](C)CCCC[S+]([O-])N=O. The zero-order valence-electron chi connectivity index (χ0n) is 10.1. The molecule has 4 heteroatoms. The first kappa shape index (κ1) is 14.9. The predicted octanol–water partition coefficient (Wildman–Crippen LogP) is 3.66. The smallest absolute Gasteiger partial charge is 0.168 e. The van der Waals surface area contributed by atoms with E-state index in [2.05, 4.69) is 25.4 Å². The molecule has 3 nitrogen and oxygen atoms in total. The Bertz CT molecular complexity index is 163. The molecule has 0 spiro atoms. The van der Waals surface area contributed by atoms with Crippen molar-refractivity contribution in [1.29, 1.82) is 0 Å². The summed E-state index contributed by atoms with van der Waals surface area (Å²) in [6.07, 6.45) is 5.54. The molecule has 0 bridgehead atoms. The zero-order valence-corrected chi connectivity index (χ0v) is 10.9. The van der Waals surface area contributed by atoms with Crippen molar-refractivity contribution in [2.45, 2.75) is 52.9 Å². The fraction of sp³-hybridized carbons (Fsp3) is 1.00. The van der Waals surface area contributed by atoms with Crippen LogP contribution in [0.2, 0.25) is 0 Å². The van der Waals surface area contributed by atoms with Gasteiger partial charge in [0.05, 0.1) is 0 Å². The summed E-state index contributed by atoms with van der Waals surface area (Å²) in [5.41, 5.74) is 0. The second-order valence-corrected chi connectivity index (χ2v) is 5.35. The van der Waals surface area contributed by atoms with Crippen LogP contribution in [0.1, 0.15) is 52.9 Å². The maximum atomic E-state index is 10.7. The van der Waals surface area contributed by atoms with E-state index in [1.807, 2.05) is 0 Å². The van der Waals surface area contributed by atoms with Crippen molar-refractivity contribution < 1.29 is 4.55 Å². The predicted molar refractivity (Wildman–Crippen MR) is 65.9 cm³/mol. The van der Waals surface area contributed by atoms with E-state index >= 15 is 0 Å². The molecule has 0 aliphatic rings. The minimum Gasteiger partial charge on any atom is -0.589 e. The average Bonchev–Trinajstić information content (AvgIpc) is 2.25. The van der Waals surface area contributed by atoms with E-state index in [9.17, 15) is 9.46 Å². The highest BCUT2D eigenvalue weighted by Gasteiger charge is 2.13. The molecule has 0 aliphatic heterocycles. The lowest BCUT2D eigenvalue weighted by Gasteiger charge is -2.20. The number of hydrogen-bond donors (Lipinski definition) is 0. The maximum Gasteiger partial charge on any atom is 0.168 e. The third-order valence-corrected chi connectivity index (χ3v) is 3.97. The molecular formula is C11H23NO2S. The van der Waals surface area contributed by atoms with Crippen molar-refractivity contribution in [3.63, 3.8) is 0 Å². The lowest BCUT2D eigenvalue weighted by atomic mass is 9.86. The van der Waals surface area contributed by atoms with Crippen LogP contribution in [0.15, 0.2) is 4.58 Å². The molecule has 2 atom stereocenters. The van der Waals surface area contributed by atoms with E-state index in [4.69, 9.17) is 0 Å². The summed E-state index contributed by atoms with van der Waals surface area (Å²) in [7, 11) is 0. The number of hydrogen-bond acceptors (Lipinski definition) is 3. The van der Waals surface area contributed by atoms with Crippen molar-refractivity contribution in [1.82, 2.24) is 0 Å². The van der Waals surface area contributed by atoms with Crippen molar-refractivity contribution in [3.05, 3.63) is 4.91 Å². The van der Waals surface area contributed by atoms with E-state index in [1.165, 1.54) is 19.3 Å². The number of nitroso groups, excluding NO2 is 1. The van der Waals surface area contributed by atoms with Gasteiger partial charge in [-0.1, -0.05) is 44.9 Å². The number of nitrogens with zero attached hydrogens (tertiary/aromatic N) is 1. The normalized spacial score (nSPS) is 15.3. The topological polar surface area (TPSA) is 52.5 Å². The van der Waals surface area contributed by atoms with Crippen LogP contribution in [0.4, 0.5) is 0 Å². The van der Waals surface area contributed by atoms with Crippen LogP contribution in [0.5, 0.6) is 0 Å². The first-order valence-electron chi connectivity index (χ1n) is 5.87. The summed E-state index contributed by atoms with van der Waals surface area (Å²) in [6, 6.07) is 0. The monoisotopic (exact) mass is 233 g/mol. The Balaban J connectivity index is 3.53. The third kappa shape index (κ3) is 6.90.